The highest BCUT2D eigenvalue weighted by atomic mass is 16.2. The smallest absolute Gasteiger partial charge is 0.323 e. The number of hydrogen-bond donors (Lipinski definition) is 3. The van der Waals surface area contributed by atoms with Crippen LogP contribution in [0.25, 0.3) is 0 Å². The monoisotopic (exact) mass is 378 g/mol. The molecule has 2 aliphatic heterocycles. The van der Waals surface area contributed by atoms with Crippen molar-refractivity contribution in [1.82, 2.24) is 25.7 Å². The lowest BCUT2D eigenvalue weighted by molar-refractivity contribution is 0.00900. The van der Waals surface area contributed by atoms with Crippen LogP contribution in [0.1, 0.15) is 34.5 Å². The van der Waals surface area contributed by atoms with Crippen molar-refractivity contribution in [2.45, 2.75) is 32.0 Å². The number of nitrogens with one attached hydrogen (secondary N) is 3. The van der Waals surface area contributed by atoms with E-state index in [9.17, 15) is 9.59 Å². The van der Waals surface area contributed by atoms with Gasteiger partial charge in [-0.15, -0.1) is 10.2 Å². The molecule has 1 aromatic heterocycles. The van der Waals surface area contributed by atoms with E-state index in [1.807, 2.05) is 24.3 Å². The first-order valence-corrected chi connectivity index (χ1v) is 9.61. The summed E-state index contributed by atoms with van der Waals surface area (Å²) in [5, 5.41) is 17.1. The Bertz CT molecular complexity index is 894. The molecule has 144 valence electrons. The van der Waals surface area contributed by atoms with Crippen molar-refractivity contribution >= 4 is 17.8 Å². The van der Waals surface area contributed by atoms with Crippen molar-refractivity contribution < 1.29 is 9.59 Å². The molecular formula is C20H22N6O2. The molecule has 1 atom stereocenters. The second kappa shape index (κ2) is 6.56. The van der Waals surface area contributed by atoms with Gasteiger partial charge in [0.2, 0.25) is 0 Å². The molecular weight excluding hydrogens is 356 g/mol. The summed E-state index contributed by atoms with van der Waals surface area (Å²) >= 11 is 0. The molecule has 1 unspecified atom stereocenters. The Labute approximate surface area is 162 Å². The maximum atomic E-state index is 12.5. The van der Waals surface area contributed by atoms with E-state index in [-0.39, 0.29) is 29.1 Å². The summed E-state index contributed by atoms with van der Waals surface area (Å²) in [7, 11) is 0. The Balaban J connectivity index is 1.17. The summed E-state index contributed by atoms with van der Waals surface area (Å²) in [4.78, 5) is 26.6. The van der Waals surface area contributed by atoms with E-state index in [1.165, 1.54) is 0 Å². The van der Waals surface area contributed by atoms with E-state index in [4.69, 9.17) is 0 Å². The molecule has 3 amide bonds. The van der Waals surface area contributed by atoms with Gasteiger partial charge in [0.1, 0.15) is 0 Å². The normalized spacial score (nSPS) is 21.4. The van der Waals surface area contributed by atoms with Gasteiger partial charge in [-0.1, -0.05) is 24.3 Å². The molecule has 1 saturated carbocycles. The highest BCUT2D eigenvalue weighted by Crippen LogP contribution is 2.44. The van der Waals surface area contributed by atoms with Crippen LogP contribution in [-0.2, 0) is 13.1 Å². The van der Waals surface area contributed by atoms with E-state index in [2.05, 4.69) is 26.1 Å². The van der Waals surface area contributed by atoms with Crippen molar-refractivity contribution in [3.8, 4) is 0 Å². The lowest BCUT2D eigenvalue weighted by Crippen LogP contribution is -2.69. The molecule has 1 spiro atoms. The van der Waals surface area contributed by atoms with Crippen LogP contribution in [0, 0.1) is 5.41 Å². The van der Waals surface area contributed by atoms with Crippen LogP contribution in [0.2, 0.25) is 0 Å². The Morgan fingerprint density at radius 1 is 1.07 bits per heavy atom. The minimum Gasteiger partial charge on any atom is -0.347 e. The molecule has 1 aliphatic carbocycles. The molecule has 0 radical (unpaired) electrons. The average Bonchev–Trinajstić information content (AvgIpc) is 3.09. The molecule has 3 heterocycles. The standard InChI is InChI=1S/C20H22N6O2/c27-18(22-16-7-8-20(16)11-21-12-20)15-5-6-17(25-24-15)23-19(28)26-9-13-3-1-2-4-14(13)10-26/h1-6,16,21H,7-12H2,(H,22,27)(H,23,25,28). The molecule has 2 aromatic rings. The summed E-state index contributed by atoms with van der Waals surface area (Å²) in [6.07, 6.45) is 2.16. The van der Waals surface area contributed by atoms with Crippen molar-refractivity contribution in [3.63, 3.8) is 0 Å². The van der Waals surface area contributed by atoms with Crippen LogP contribution < -0.4 is 16.0 Å². The van der Waals surface area contributed by atoms with E-state index in [0.717, 1.165) is 37.1 Å². The van der Waals surface area contributed by atoms with Crippen molar-refractivity contribution in [3.05, 3.63) is 53.2 Å². The maximum absolute atomic E-state index is 12.5. The van der Waals surface area contributed by atoms with Gasteiger partial charge in [-0.05, 0) is 36.1 Å². The van der Waals surface area contributed by atoms with Crippen LogP contribution in [-0.4, -0.2) is 46.2 Å². The zero-order valence-electron chi connectivity index (χ0n) is 15.4. The Kier molecular flexibility index (Phi) is 4.01. The average molecular weight is 378 g/mol. The number of rotatable bonds is 3. The first kappa shape index (κ1) is 17.1. The molecule has 8 heteroatoms. The largest absolute Gasteiger partial charge is 0.347 e. The molecule has 8 nitrogen and oxygen atoms in total. The van der Waals surface area contributed by atoms with Gasteiger partial charge in [0.15, 0.2) is 11.5 Å². The summed E-state index contributed by atoms with van der Waals surface area (Å²) < 4.78 is 0. The van der Waals surface area contributed by atoms with Gasteiger partial charge in [0, 0.05) is 37.6 Å². The minimum atomic E-state index is -0.225. The predicted octanol–water partition coefficient (Wildman–Crippen LogP) is 1.51. The minimum absolute atomic E-state index is 0.208. The van der Waals surface area contributed by atoms with E-state index < -0.39 is 0 Å². The van der Waals surface area contributed by atoms with Gasteiger partial charge in [-0.3, -0.25) is 10.1 Å². The molecule has 1 saturated heterocycles. The number of urea groups is 1. The van der Waals surface area contributed by atoms with Gasteiger partial charge in [-0.25, -0.2) is 4.79 Å². The van der Waals surface area contributed by atoms with Crippen molar-refractivity contribution in [1.29, 1.82) is 0 Å². The topological polar surface area (TPSA) is 99.2 Å². The Morgan fingerprint density at radius 3 is 2.36 bits per heavy atom. The van der Waals surface area contributed by atoms with E-state index >= 15 is 0 Å². The zero-order valence-corrected chi connectivity index (χ0v) is 15.4. The fourth-order valence-electron chi connectivity index (χ4n) is 4.21. The van der Waals surface area contributed by atoms with Gasteiger partial charge in [0.25, 0.3) is 5.91 Å². The van der Waals surface area contributed by atoms with Gasteiger partial charge in [0.05, 0.1) is 0 Å². The zero-order chi connectivity index (χ0) is 19.1. The summed E-state index contributed by atoms with van der Waals surface area (Å²) in [5.74, 6) is 0.122. The summed E-state index contributed by atoms with van der Waals surface area (Å²) in [6, 6.07) is 11.2. The number of anilines is 1. The number of carbonyl (C=O) groups excluding carboxylic acids is 2. The van der Waals surface area contributed by atoms with Crippen molar-refractivity contribution in [2.75, 3.05) is 18.4 Å². The molecule has 2 fully saturated rings. The van der Waals surface area contributed by atoms with Crippen LogP contribution in [0.15, 0.2) is 36.4 Å². The third-order valence-corrected chi connectivity index (χ3v) is 6.19. The van der Waals surface area contributed by atoms with Crippen LogP contribution in [0.3, 0.4) is 0 Å². The lowest BCUT2D eigenvalue weighted by Gasteiger charge is -2.56. The number of benzene rings is 1. The lowest BCUT2D eigenvalue weighted by atomic mass is 9.60. The summed E-state index contributed by atoms with van der Waals surface area (Å²) in [6.45, 7) is 3.09. The van der Waals surface area contributed by atoms with Gasteiger partial charge in [-0.2, -0.15) is 0 Å². The number of nitrogens with zero attached hydrogens (tertiary/aromatic N) is 3. The number of amides is 3. The number of carbonyl (C=O) groups is 2. The summed E-state index contributed by atoms with van der Waals surface area (Å²) in [5.41, 5.74) is 2.82. The fourth-order valence-corrected chi connectivity index (χ4v) is 4.21. The molecule has 3 N–H and O–H groups in total. The van der Waals surface area contributed by atoms with Crippen molar-refractivity contribution in [2.24, 2.45) is 5.41 Å². The van der Waals surface area contributed by atoms with Crippen LogP contribution >= 0.6 is 0 Å². The van der Waals surface area contributed by atoms with E-state index in [1.54, 1.807) is 17.0 Å². The quantitative estimate of drug-likeness (QED) is 0.752. The number of hydrogen-bond acceptors (Lipinski definition) is 5. The molecule has 0 bridgehead atoms. The van der Waals surface area contributed by atoms with E-state index in [0.29, 0.717) is 18.9 Å². The second-order valence-corrected chi connectivity index (χ2v) is 7.89. The number of fused-ring (bicyclic) bond motifs is 1. The SMILES string of the molecule is O=C(NC1CCC12CNC2)c1ccc(NC(=O)N2Cc3ccccc3C2)nn1. The predicted molar refractivity (Wildman–Crippen MR) is 103 cm³/mol. The first-order chi connectivity index (χ1) is 13.6. The molecule has 28 heavy (non-hydrogen) atoms. The van der Waals surface area contributed by atoms with Gasteiger partial charge >= 0.3 is 6.03 Å². The Morgan fingerprint density at radius 2 is 1.82 bits per heavy atom. The third kappa shape index (κ3) is 2.90. The molecule has 5 rings (SSSR count). The van der Waals surface area contributed by atoms with Crippen LogP contribution in [0.5, 0.6) is 0 Å². The van der Waals surface area contributed by atoms with Gasteiger partial charge < -0.3 is 15.5 Å². The molecule has 3 aliphatic rings. The first-order valence-electron chi connectivity index (χ1n) is 9.61. The highest BCUT2D eigenvalue weighted by molar-refractivity contribution is 5.93. The number of aromatic nitrogens is 2. The Hall–Kier alpha value is -3.00. The molecule has 1 aromatic carbocycles. The second-order valence-electron chi connectivity index (χ2n) is 7.89. The maximum Gasteiger partial charge on any atom is 0.323 e. The third-order valence-electron chi connectivity index (χ3n) is 6.19. The fraction of sp³-hybridized carbons (Fsp3) is 0.400. The van der Waals surface area contributed by atoms with Crippen LogP contribution in [0.4, 0.5) is 10.6 Å². The highest BCUT2D eigenvalue weighted by Gasteiger charge is 2.51.